The molecule has 1 amide bonds. The molecule has 5 nitrogen and oxygen atoms in total. The molecule has 13 heavy (non-hydrogen) atoms. The maximum Gasteiger partial charge on any atom is 0.267 e. The first-order chi connectivity index (χ1) is 5.59. The number of primary amides is 1. The number of hydrogen-bond donors (Lipinski definition) is 2. The smallest absolute Gasteiger partial charge is 0.267 e. The lowest BCUT2D eigenvalue weighted by atomic mass is 10.3. The quantitative estimate of drug-likeness (QED) is 0.506. The number of rotatable bonds is 2. The van der Waals surface area contributed by atoms with Crippen LogP contribution < -0.4 is 5.73 Å². The minimum Gasteiger partial charge on any atom is -0.366 e. The van der Waals surface area contributed by atoms with Crippen molar-refractivity contribution < 1.29 is 17.8 Å². The summed E-state index contributed by atoms with van der Waals surface area (Å²) in [6, 6.07) is 0. The summed E-state index contributed by atoms with van der Waals surface area (Å²) < 4.78 is 27.8. The van der Waals surface area contributed by atoms with Gasteiger partial charge in [0.2, 0.25) is 5.91 Å². The third kappa shape index (κ3) is 11.1. The fraction of sp³-hybridized carbons (Fsp3) is 0.571. The number of nitrogens with two attached hydrogens (primary N) is 1. The maximum absolute atomic E-state index is 9.89. The molecule has 0 aliphatic heterocycles. The molecular formula is C7H15NO4S. The molecule has 0 spiro atoms. The first-order valence-corrected chi connectivity index (χ1v) is 5.01. The van der Waals surface area contributed by atoms with Crippen LogP contribution in [0.1, 0.15) is 20.8 Å². The van der Waals surface area contributed by atoms with Crippen molar-refractivity contribution in [1.82, 2.24) is 0 Å². The summed E-state index contributed by atoms with van der Waals surface area (Å²) in [5, 5.41) is -0.674. The molecule has 0 fully saturated rings. The summed E-state index contributed by atoms with van der Waals surface area (Å²) >= 11 is 0. The molecule has 0 heterocycles. The predicted molar refractivity (Wildman–Crippen MR) is 50.7 cm³/mol. The SMILES string of the molecule is C=C(C)C(N)=O.CC(C)S(=O)(=O)O. The van der Waals surface area contributed by atoms with E-state index in [1.165, 1.54) is 13.8 Å². The molecule has 0 aromatic rings. The van der Waals surface area contributed by atoms with Gasteiger partial charge in [-0.3, -0.25) is 9.35 Å². The molecule has 0 rings (SSSR count). The van der Waals surface area contributed by atoms with Crippen molar-refractivity contribution >= 4 is 16.0 Å². The maximum atomic E-state index is 9.89. The van der Waals surface area contributed by atoms with Crippen LogP contribution in [0.5, 0.6) is 0 Å². The first-order valence-electron chi connectivity index (χ1n) is 3.50. The minimum absolute atomic E-state index is 0.398. The summed E-state index contributed by atoms with van der Waals surface area (Å²) in [6.45, 7) is 7.68. The normalized spacial score (nSPS) is 10.2. The third-order valence-corrected chi connectivity index (χ3v) is 2.21. The zero-order valence-electron chi connectivity index (χ0n) is 7.94. The van der Waals surface area contributed by atoms with Crippen molar-refractivity contribution in [3.8, 4) is 0 Å². The topological polar surface area (TPSA) is 97.5 Å². The van der Waals surface area contributed by atoms with E-state index in [-0.39, 0.29) is 0 Å². The third-order valence-electron chi connectivity index (χ3n) is 1.02. The van der Waals surface area contributed by atoms with Crippen LogP contribution in [0.15, 0.2) is 12.2 Å². The van der Waals surface area contributed by atoms with Gasteiger partial charge in [0.1, 0.15) is 0 Å². The molecule has 0 saturated heterocycles. The summed E-state index contributed by atoms with van der Waals surface area (Å²) in [5.74, 6) is -0.435. The van der Waals surface area contributed by atoms with Crippen LogP contribution in [0.4, 0.5) is 0 Å². The minimum atomic E-state index is -3.74. The fourth-order valence-corrected chi connectivity index (χ4v) is 0. The standard InChI is InChI=1S/C4H7NO.C3H8O3S/c1-3(2)4(5)6;1-3(2)7(4,5)6/h1H2,2H3,(H2,5,6);3H,1-2H3,(H,4,5,6). The van der Waals surface area contributed by atoms with Gasteiger partial charge in [-0.05, 0) is 20.8 Å². The summed E-state index contributed by atoms with van der Waals surface area (Å²) in [6.07, 6.45) is 0. The Morgan fingerprint density at radius 2 is 1.62 bits per heavy atom. The van der Waals surface area contributed by atoms with Crippen LogP contribution in [0.25, 0.3) is 0 Å². The molecule has 0 aliphatic rings. The van der Waals surface area contributed by atoms with Gasteiger partial charge in [-0.2, -0.15) is 8.42 Å². The van der Waals surface area contributed by atoms with Crippen LogP contribution in [-0.4, -0.2) is 24.1 Å². The van der Waals surface area contributed by atoms with Gasteiger partial charge < -0.3 is 5.73 Å². The Bertz CT molecular complexity index is 267. The van der Waals surface area contributed by atoms with Gasteiger partial charge in [0.15, 0.2) is 0 Å². The second-order valence-corrected chi connectivity index (χ2v) is 4.68. The highest BCUT2D eigenvalue weighted by Crippen LogP contribution is 1.91. The molecule has 0 aromatic carbocycles. The zero-order chi connectivity index (χ0) is 11.2. The molecule has 0 saturated carbocycles. The highest BCUT2D eigenvalue weighted by atomic mass is 32.2. The number of hydrogen-bond acceptors (Lipinski definition) is 3. The predicted octanol–water partition coefficient (Wildman–Crippen LogP) is 0.330. The van der Waals surface area contributed by atoms with Crippen molar-refractivity contribution in [2.45, 2.75) is 26.0 Å². The van der Waals surface area contributed by atoms with Crippen LogP contribution in [0.3, 0.4) is 0 Å². The highest BCUT2D eigenvalue weighted by molar-refractivity contribution is 7.86. The largest absolute Gasteiger partial charge is 0.366 e. The molecule has 0 aromatic heterocycles. The summed E-state index contributed by atoms with van der Waals surface area (Å²) in [7, 11) is -3.74. The van der Waals surface area contributed by atoms with Crippen molar-refractivity contribution in [2.75, 3.05) is 0 Å². The lowest BCUT2D eigenvalue weighted by molar-refractivity contribution is -0.114. The van der Waals surface area contributed by atoms with E-state index in [0.717, 1.165) is 0 Å². The first kappa shape index (κ1) is 14.6. The van der Waals surface area contributed by atoms with Gasteiger partial charge in [-0.15, -0.1) is 0 Å². The van der Waals surface area contributed by atoms with Crippen LogP contribution in [0, 0.1) is 0 Å². The van der Waals surface area contributed by atoms with E-state index >= 15 is 0 Å². The fourth-order valence-electron chi connectivity index (χ4n) is 0. The Morgan fingerprint density at radius 1 is 1.46 bits per heavy atom. The average Bonchev–Trinajstić information content (AvgIpc) is 1.86. The average molecular weight is 209 g/mol. The van der Waals surface area contributed by atoms with E-state index in [0.29, 0.717) is 5.57 Å². The lowest BCUT2D eigenvalue weighted by Gasteiger charge is -1.94. The van der Waals surface area contributed by atoms with Gasteiger partial charge in [-0.25, -0.2) is 0 Å². The van der Waals surface area contributed by atoms with Crippen molar-refractivity contribution in [3.63, 3.8) is 0 Å². The Kier molecular flexibility index (Phi) is 6.43. The molecule has 0 bridgehead atoms. The van der Waals surface area contributed by atoms with E-state index in [4.69, 9.17) is 10.3 Å². The molecule has 3 N–H and O–H groups in total. The Labute approximate surface area is 78.4 Å². The van der Waals surface area contributed by atoms with Gasteiger partial charge in [0.05, 0.1) is 5.25 Å². The molecule has 0 aliphatic carbocycles. The monoisotopic (exact) mass is 209 g/mol. The van der Waals surface area contributed by atoms with Crippen LogP contribution in [0.2, 0.25) is 0 Å². The Hall–Kier alpha value is -0.880. The van der Waals surface area contributed by atoms with Crippen LogP contribution in [-0.2, 0) is 14.9 Å². The van der Waals surface area contributed by atoms with Gasteiger partial charge in [0.25, 0.3) is 10.1 Å². The molecule has 0 radical (unpaired) electrons. The van der Waals surface area contributed by atoms with Crippen molar-refractivity contribution in [1.29, 1.82) is 0 Å². The molecule has 0 unspecified atom stereocenters. The summed E-state index contributed by atoms with van der Waals surface area (Å²) in [5.41, 5.74) is 5.09. The zero-order valence-corrected chi connectivity index (χ0v) is 8.76. The Morgan fingerprint density at radius 3 is 1.62 bits per heavy atom. The molecule has 0 atom stereocenters. The highest BCUT2D eigenvalue weighted by Gasteiger charge is 2.08. The van der Waals surface area contributed by atoms with Crippen molar-refractivity contribution in [3.05, 3.63) is 12.2 Å². The van der Waals surface area contributed by atoms with Crippen LogP contribution >= 0.6 is 0 Å². The van der Waals surface area contributed by atoms with E-state index < -0.39 is 21.3 Å². The lowest BCUT2D eigenvalue weighted by Crippen LogP contribution is -2.10. The molecule has 6 heteroatoms. The molecule has 78 valence electrons. The van der Waals surface area contributed by atoms with Gasteiger partial charge >= 0.3 is 0 Å². The molecular weight excluding hydrogens is 194 g/mol. The van der Waals surface area contributed by atoms with E-state index in [2.05, 4.69) is 6.58 Å². The van der Waals surface area contributed by atoms with E-state index in [9.17, 15) is 13.2 Å². The second kappa shape index (κ2) is 5.71. The van der Waals surface area contributed by atoms with Crippen molar-refractivity contribution in [2.24, 2.45) is 5.73 Å². The Balaban J connectivity index is 0. The summed E-state index contributed by atoms with van der Waals surface area (Å²) in [4.78, 5) is 9.82. The van der Waals surface area contributed by atoms with E-state index in [1.54, 1.807) is 6.92 Å². The van der Waals surface area contributed by atoms with Gasteiger partial charge in [0, 0.05) is 5.57 Å². The van der Waals surface area contributed by atoms with Gasteiger partial charge in [-0.1, -0.05) is 6.58 Å². The van der Waals surface area contributed by atoms with E-state index in [1.807, 2.05) is 0 Å². The number of carbonyl (C=O) groups is 1. The second-order valence-electron chi connectivity index (χ2n) is 2.71. The number of carbonyl (C=O) groups excluding carboxylic acids is 1. The number of amides is 1.